The van der Waals surface area contributed by atoms with Crippen LogP contribution in [0, 0.1) is 10.6 Å². The summed E-state index contributed by atoms with van der Waals surface area (Å²) >= 11 is 0. The van der Waals surface area contributed by atoms with Crippen molar-refractivity contribution >= 4 is 11.9 Å². The van der Waals surface area contributed by atoms with Gasteiger partial charge in [-0.05, 0) is 26.0 Å². The smallest absolute Gasteiger partial charge is 0.192 e. The molecule has 0 bridgehead atoms. The van der Waals surface area contributed by atoms with E-state index in [4.69, 9.17) is 0 Å². The minimum atomic E-state index is -0.0441. The summed E-state index contributed by atoms with van der Waals surface area (Å²) < 4.78 is 0. The lowest BCUT2D eigenvalue weighted by molar-refractivity contribution is -0.459. The van der Waals surface area contributed by atoms with Crippen LogP contribution in [0.5, 0.6) is 0 Å². The van der Waals surface area contributed by atoms with Gasteiger partial charge in [0.2, 0.25) is 0 Å². The number of rotatable bonds is 1. The van der Waals surface area contributed by atoms with Crippen LogP contribution in [0.25, 0.3) is 0 Å². The van der Waals surface area contributed by atoms with Gasteiger partial charge in [-0.3, -0.25) is 0 Å². The maximum absolute atomic E-state index is 11.6. The van der Waals surface area contributed by atoms with Gasteiger partial charge in [0, 0.05) is 0 Å². The Balaban J connectivity index is 2.28. The molecule has 0 amide bonds. The summed E-state index contributed by atoms with van der Waals surface area (Å²) in [4.78, 5) is 0.926. The van der Waals surface area contributed by atoms with Crippen molar-refractivity contribution in [3.8, 4) is 0 Å². The number of benzene rings is 1. The van der Waals surface area contributed by atoms with Crippen LogP contribution in [0.4, 0.5) is 5.69 Å². The van der Waals surface area contributed by atoms with Gasteiger partial charge in [-0.2, -0.15) is 0 Å². The van der Waals surface area contributed by atoms with Crippen molar-refractivity contribution in [1.82, 2.24) is 0 Å². The zero-order chi connectivity index (χ0) is 10.2. The van der Waals surface area contributed by atoms with Gasteiger partial charge in [0.1, 0.15) is 5.69 Å². The normalized spacial score (nSPS) is 19.6. The van der Waals surface area contributed by atoms with Gasteiger partial charge in [0.15, 0.2) is 6.21 Å². The van der Waals surface area contributed by atoms with Gasteiger partial charge in [-0.25, -0.2) is 0 Å². The molecule has 74 valence electrons. The molecule has 0 aromatic heterocycles. The lowest BCUT2D eigenvalue weighted by Gasteiger charge is -2.17. The predicted octanol–water partition coefficient (Wildman–Crippen LogP) is 2.03. The Kier molecular flexibility index (Phi) is 1.95. The average molecular weight is 190 g/mol. The van der Waals surface area contributed by atoms with Crippen LogP contribution >= 0.6 is 0 Å². The highest BCUT2D eigenvalue weighted by Crippen LogP contribution is 2.25. The third-order valence-corrected chi connectivity index (χ3v) is 2.31. The lowest BCUT2D eigenvalue weighted by atomic mass is 9.96. The number of hydrogen-bond acceptors (Lipinski definition) is 2. The first-order valence-corrected chi connectivity index (χ1v) is 4.73. The number of nitrogens with zero attached hydrogens (tertiary/aromatic N) is 2. The molecular formula is C11H14N2O. The molecule has 1 aliphatic heterocycles. The average Bonchev–Trinajstić information content (AvgIpc) is 2.41. The third kappa shape index (κ3) is 1.58. The van der Waals surface area contributed by atoms with E-state index >= 15 is 0 Å². The molecule has 0 spiro atoms. The Labute approximate surface area is 83.8 Å². The van der Waals surface area contributed by atoms with E-state index in [1.54, 1.807) is 11.2 Å². The SMILES string of the molecule is CC1(C)C=[N+]([O-])N(c2ccccc2)C1. The molecule has 1 aliphatic rings. The highest BCUT2D eigenvalue weighted by Gasteiger charge is 2.34. The molecule has 2 rings (SSSR count). The number of para-hydroxylation sites is 1. The van der Waals surface area contributed by atoms with Crippen molar-refractivity contribution in [3.63, 3.8) is 0 Å². The van der Waals surface area contributed by atoms with Crippen molar-refractivity contribution in [1.29, 1.82) is 0 Å². The number of anilines is 1. The summed E-state index contributed by atoms with van der Waals surface area (Å²) in [6.07, 6.45) is 1.71. The molecule has 0 saturated heterocycles. The van der Waals surface area contributed by atoms with Gasteiger partial charge < -0.3 is 5.21 Å². The standard InChI is InChI=1S/C11H14N2O/c1-11(2)8-12(13(14)9-11)10-6-4-3-5-7-10/h3-7,9H,8H2,1-2H3. The summed E-state index contributed by atoms with van der Waals surface area (Å²) in [5.74, 6) is 0. The molecule has 1 aromatic carbocycles. The lowest BCUT2D eigenvalue weighted by Crippen LogP contribution is -2.29. The zero-order valence-corrected chi connectivity index (χ0v) is 8.47. The maximum Gasteiger partial charge on any atom is 0.192 e. The molecule has 0 aliphatic carbocycles. The van der Waals surface area contributed by atoms with E-state index in [1.807, 2.05) is 30.3 Å². The number of hydrogen-bond donors (Lipinski definition) is 0. The van der Waals surface area contributed by atoms with E-state index in [0.717, 1.165) is 17.1 Å². The second-order valence-electron chi connectivity index (χ2n) is 4.31. The second kappa shape index (κ2) is 3.01. The summed E-state index contributed by atoms with van der Waals surface area (Å²) in [7, 11) is 0. The fourth-order valence-corrected chi connectivity index (χ4v) is 1.67. The van der Waals surface area contributed by atoms with Gasteiger partial charge in [-0.1, -0.05) is 23.0 Å². The Bertz CT molecular complexity index is 357. The molecule has 0 atom stereocenters. The van der Waals surface area contributed by atoms with Gasteiger partial charge in [-0.15, -0.1) is 5.01 Å². The van der Waals surface area contributed by atoms with Gasteiger partial charge >= 0.3 is 0 Å². The molecule has 0 unspecified atom stereocenters. The highest BCUT2D eigenvalue weighted by atomic mass is 16.5. The topological polar surface area (TPSA) is 29.3 Å². The summed E-state index contributed by atoms with van der Waals surface area (Å²) in [5.41, 5.74) is 0.904. The van der Waals surface area contributed by atoms with Crippen molar-refractivity contribution in [2.45, 2.75) is 13.8 Å². The number of hydrazone groups is 1. The molecule has 1 heterocycles. The summed E-state index contributed by atoms with van der Waals surface area (Å²) in [5, 5.41) is 13.3. The first-order valence-electron chi connectivity index (χ1n) is 4.73. The van der Waals surface area contributed by atoms with Crippen molar-refractivity contribution in [2.24, 2.45) is 5.41 Å². The molecule has 0 N–H and O–H groups in total. The molecule has 0 radical (unpaired) electrons. The molecular weight excluding hydrogens is 176 g/mol. The first-order chi connectivity index (χ1) is 6.58. The molecule has 0 saturated carbocycles. The zero-order valence-electron chi connectivity index (χ0n) is 8.47. The minimum Gasteiger partial charge on any atom is -0.596 e. The Morgan fingerprint density at radius 2 is 1.93 bits per heavy atom. The minimum absolute atomic E-state index is 0.0441. The maximum atomic E-state index is 11.6. The Hall–Kier alpha value is -1.51. The van der Waals surface area contributed by atoms with Crippen molar-refractivity contribution < 1.29 is 4.85 Å². The van der Waals surface area contributed by atoms with Crippen molar-refractivity contribution in [3.05, 3.63) is 35.5 Å². The molecule has 3 heteroatoms. The molecule has 3 nitrogen and oxygen atoms in total. The monoisotopic (exact) mass is 190 g/mol. The van der Waals surface area contributed by atoms with Gasteiger partial charge in [0.25, 0.3) is 0 Å². The molecule has 0 fully saturated rings. The van der Waals surface area contributed by atoms with Crippen LogP contribution in [-0.4, -0.2) is 17.6 Å². The predicted molar refractivity (Wildman–Crippen MR) is 57.3 cm³/mol. The Morgan fingerprint density at radius 3 is 2.43 bits per heavy atom. The molecule has 14 heavy (non-hydrogen) atoms. The van der Waals surface area contributed by atoms with E-state index < -0.39 is 0 Å². The van der Waals surface area contributed by atoms with Crippen LogP contribution in [0.15, 0.2) is 30.3 Å². The van der Waals surface area contributed by atoms with E-state index in [2.05, 4.69) is 13.8 Å². The highest BCUT2D eigenvalue weighted by molar-refractivity contribution is 5.65. The first kappa shape index (κ1) is 9.06. The quantitative estimate of drug-likeness (QED) is 0.501. The van der Waals surface area contributed by atoms with Crippen LogP contribution < -0.4 is 5.01 Å². The molecule has 1 aromatic rings. The van der Waals surface area contributed by atoms with Gasteiger partial charge in [0.05, 0.1) is 12.0 Å². The summed E-state index contributed by atoms with van der Waals surface area (Å²) in [6, 6.07) is 9.72. The van der Waals surface area contributed by atoms with Crippen molar-refractivity contribution in [2.75, 3.05) is 11.6 Å². The van der Waals surface area contributed by atoms with Crippen LogP contribution in [-0.2, 0) is 0 Å². The van der Waals surface area contributed by atoms with Crippen LogP contribution in [0.3, 0.4) is 0 Å². The van der Waals surface area contributed by atoms with E-state index in [1.165, 1.54) is 0 Å². The van der Waals surface area contributed by atoms with E-state index in [-0.39, 0.29) is 5.41 Å². The summed E-state index contributed by atoms with van der Waals surface area (Å²) in [6.45, 7) is 4.85. The fourth-order valence-electron chi connectivity index (χ4n) is 1.67. The third-order valence-electron chi connectivity index (χ3n) is 2.31. The fraction of sp³-hybridized carbons (Fsp3) is 0.364. The number of hydrazine groups is 1. The van der Waals surface area contributed by atoms with E-state index in [9.17, 15) is 5.21 Å². The largest absolute Gasteiger partial charge is 0.596 e. The second-order valence-corrected chi connectivity index (χ2v) is 4.31. The van der Waals surface area contributed by atoms with Crippen LogP contribution in [0.2, 0.25) is 0 Å². The van der Waals surface area contributed by atoms with E-state index in [0.29, 0.717) is 0 Å². The Morgan fingerprint density at radius 1 is 1.29 bits per heavy atom. The van der Waals surface area contributed by atoms with Crippen LogP contribution in [0.1, 0.15) is 13.8 Å².